The maximum absolute atomic E-state index is 8.78. The van der Waals surface area contributed by atoms with E-state index in [-0.39, 0.29) is 6.61 Å². The Hall–Kier alpha value is -1.24. The summed E-state index contributed by atoms with van der Waals surface area (Å²) in [5.41, 5.74) is 0.528. The molecule has 0 aliphatic carbocycles. The Kier molecular flexibility index (Phi) is 7.20. The van der Waals surface area contributed by atoms with Gasteiger partial charge in [0, 0.05) is 26.2 Å². The van der Waals surface area contributed by atoms with Crippen molar-refractivity contribution in [1.82, 2.24) is 10.2 Å². The molecule has 1 rings (SSSR count). The lowest BCUT2D eigenvalue weighted by atomic mass is 10.4. The molecule has 0 atom stereocenters. The van der Waals surface area contributed by atoms with E-state index in [1.807, 2.05) is 0 Å². The van der Waals surface area contributed by atoms with E-state index >= 15 is 0 Å². The molecule has 0 aliphatic rings. The van der Waals surface area contributed by atoms with Gasteiger partial charge in [0.25, 0.3) is 0 Å². The highest BCUT2D eigenvalue weighted by Crippen LogP contribution is 2.04. The van der Waals surface area contributed by atoms with Crippen molar-refractivity contribution in [2.24, 2.45) is 0 Å². The number of hydrogen-bond acceptors (Lipinski definition) is 6. The van der Waals surface area contributed by atoms with Gasteiger partial charge in [0.2, 0.25) is 5.88 Å². The molecule has 1 aromatic rings. The van der Waals surface area contributed by atoms with Crippen LogP contribution in [-0.4, -0.2) is 48.8 Å². The van der Waals surface area contributed by atoms with E-state index in [0.717, 1.165) is 6.42 Å². The van der Waals surface area contributed by atoms with Crippen LogP contribution in [0, 0.1) is 0 Å². The second-order valence-corrected chi connectivity index (χ2v) is 3.33. The number of nitrogens with zero attached hydrogens (tertiary/aromatic N) is 2. The minimum atomic E-state index is -0.110. The molecule has 0 aromatic carbocycles. The first-order valence-corrected chi connectivity index (χ1v) is 5.49. The predicted octanol–water partition coefficient (Wildman–Crippen LogP) is 0.401. The highest BCUT2D eigenvalue weighted by Gasteiger charge is 1.97. The van der Waals surface area contributed by atoms with E-state index in [1.165, 1.54) is 0 Å². The van der Waals surface area contributed by atoms with Crippen LogP contribution in [0.4, 0.5) is 0 Å². The average Bonchev–Trinajstić information content (AvgIpc) is 2.38. The number of hydrogen-bond donors (Lipinski definition) is 1. The summed E-state index contributed by atoms with van der Waals surface area (Å²) in [7, 11) is 1.64. The molecule has 0 bridgehead atoms. The zero-order chi connectivity index (χ0) is 12.3. The van der Waals surface area contributed by atoms with Crippen molar-refractivity contribution in [3.8, 4) is 5.88 Å². The Morgan fingerprint density at radius 1 is 1.12 bits per heavy atom. The zero-order valence-corrected chi connectivity index (χ0v) is 9.96. The summed E-state index contributed by atoms with van der Waals surface area (Å²) < 4.78 is 15.5. The van der Waals surface area contributed by atoms with Crippen LogP contribution in [-0.2, 0) is 16.1 Å². The predicted molar refractivity (Wildman–Crippen MR) is 60.8 cm³/mol. The fourth-order valence-electron chi connectivity index (χ4n) is 1.09. The molecule has 6 nitrogen and oxygen atoms in total. The third-order valence-electron chi connectivity index (χ3n) is 1.97. The Bertz CT molecular complexity index is 292. The first-order valence-electron chi connectivity index (χ1n) is 5.49. The van der Waals surface area contributed by atoms with Crippen molar-refractivity contribution in [3.63, 3.8) is 0 Å². The normalized spacial score (nSPS) is 10.5. The molecule has 0 spiro atoms. The lowest BCUT2D eigenvalue weighted by molar-refractivity contribution is 0.0641. The maximum atomic E-state index is 8.78. The zero-order valence-electron chi connectivity index (χ0n) is 9.96. The van der Waals surface area contributed by atoms with Crippen LogP contribution in [0.15, 0.2) is 12.1 Å². The van der Waals surface area contributed by atoms with Gasteiger partial charge in [0.15, 0.2) is 0 Å². The number of aromatic nitrogens is 2. The van der Waals surface area contributed by atoms with Crippen LogP contribution in [0.3, 0.4) is 0 Å². The van der Waals surface area contributed by atoms with Gasteiger partial charge in [-0.1, -0.05) is 0 Å². The van der Waals surface area contributed by atoms with Gasteiger partial charge in [-0.05, 0) is 6.07 Å². The minimum absolute atomic E-state index is 0.110. The molecule has 0 amide bonds. The first kappa shape index (κ1) is 13.8. The van der Waals surface area contributed by atoms with Gasteiger partial charge in [-0.2, -0.15) is 0 Å². The molecule has 0 saturated carbocycles. The average molecular weight is 242 g/mol. The fourth-order valence-corrected chi connectivity index (χ4v) is 1.09. The van der Waals surface area contributed by atoms with Crippen molar-refractivity contribution in [3.05, 3.63) is 17.8 Å². The second kappa shape index (κ2) is 8.86. The standard InChI is InChI=1S/C11H18N2O4/c1-15-7-8-16-5-2-6-17-11-4-3-10(9-14)12-13-11/h3-4,14H,2,5-9H2,1H3. The summed E-state index contributed by atoms with van der Waals surface area (Å²) in [6, 6.07) is 3.36. The van der Waals surface area contributed by atoms with Crippen LogP contribution in [0.25, 0.3) is 0 Å². The van der Waals surface area contributed by atoms with Crippen LogP contribution < -0.4 is 4.74 Å². The highest BCUT2D eigenvalue weighted by molar-refractivity contribution is 5.10. The summed E-state index contributed by atoms with van der Waals surface area (Å²) in [6.45, 7) is 2.25. The third kappa shape index (κ3) is 6.15. The molecule has 96 valence electrons. The molecule has 1 N–H and O–H groups in total. The van der Waals surface area contributed by atoms with Crippen LogP contribution in [0.2, 0.25) is 0 Å². The number of aliphatic hydroxyl groups excluding tert-OH is 1. The molecule has 0 unspecified atom stereocenters. The largest absolute Gasteiger partial charge is 0.477 e. The van der Waals surface area contributed by atoms with Gasteiger partial charge in [-0.3, -0.25) is 0 Å². The minimum Gasteiger partial charge on any atom is -0.477 e. The third-order valence-corrected chi connectivity index (χ3v) is 1.97. The van der Waals surface area contributed by atoms with Gasteiger partial charge in [0.05, 0.1) is 32.1 Å². The van der Waals surface area contributed by atoms with E-state index in [0.29, 0.717) is 38.0 Å². The van der Waals surface area contributed by atoms with Crippen LogP contribution in [0.1, 0.15) is 12.1 Å². The Morgan fingerprint density at radius 2 is 2.00 bits per heavy atom. The van der Waals surface area contributed by atoms with Crippen molar-refractivity contribution >= 4 is 0 Å². The number of methoxy groups -OCH3 is 1. The number of rotatable bonds is 9. The lowest BCUT2D eigenvalue weighted by Gasteiger charge is -2.05. The van der Waals surface area contributed by atoms with E-state index in [9.17, 15) is 0 Å². The smallest absolute Gasteiger partial charge is 0.233 e. The summed E-state index contributed by atoms with van der Waals surface area (Å²) in [5, 5.41) is 16.3. The topological polar surface area (TPSA) is 73.7 Å². The molecule has 17 heavy (non-hydrogen) atoms. The van der Waals surface area contributed by atoms with Crippen molar-refractivity contribution < 1.29 is 19.3 Å². The second-order valence-electron chi connectivity index (χ2n) is 3.33. The molecule has 0 saturated heterocycles. The summed E-state index contributed by atoms with van der Waals surface area (Å²) in [5.74, 6) is 0.457. The van der Waals surface area contributed by atoms with Gasteiger partial charge in [0.1, 0.15) is 0 Å². The highest BCUT2D eigenvalue weighted by atomic mass is 16.5. The van der Waals surface area contributed by atoms with Crippen molar-refractivity contribution in [2.75, 3.05) is 33.5 Å². The Balaban J connectivity index is 2.05. The van der Waals surface area contributed by atoms with Crippen molar-refractivity contribution in [2.45, 2.75) is 13.0 Å². The lowest BCUT2D eigenvalue weighted by Crippen LogP contribution is -2.07. The maximum Gasteiger partial charge on any atom is 0.233 e. The molecule has 0 radical (unpaired) electrons. The van der Waals surface area contributed by atoms with Gasteiger partial charge < -0.3 is 19.3 Å². The van der Waals surface area contributed by atoms with Gasteiger partial charge in [-0.15, -0.1) is 10.2 Å². The van der Waals surface area contributed by atoms with Gasteiger partial charge >= 0.3 is 0 Å². The molecule has 1 heterocycles. The summed E-state index contributed by atoms with van der Waals surface area (Å²) in [4.78, 5) is 0. The molecule has 0 aliphatic heterocycles. The summed E-state index contributed by atoms with van der Waals surface area (Å²) >= 11 is 0. The molecule has 6 heteroatoms. The van der Waals surface area contributed by atoms with E-state index in [2.05, 4.69) is 10.2 Å². The first-order chi connectivity index (χ1) is 8.36. The number of aliphatic hydroxyl groups is 1. The molecular formula is C11H18N2O4. The molecule has 0 fully saturated rings. The van der Waals surface area contributed by atoms with E-state index < -0.39 is 0 Å². The van der Waals surface area contributed by atoms with Gasteiger partial charge in [-0.25, -0.2) is 0 Å². The Morgan fingerprint density at radius 3 is 2.65 bits per heavy atom. The van der Waals surface area contributed by atoms with E-state index in [4.69, 9.17) is 19.3 Å². The molecular weight excluding hydrogens is 224 g/mol. The van der Waals surface area contributed by atoms with Crippen molar-refractivity contribution in [1.29, 1.82) is 0 Å². The Labute approximate surface area is 101 Å². The number of ether oxygens (including phenoxy) is 3. The van der Waals surface area contributed by atoms with Crippen LogP contribution in [0.5, 0.6) is 5.88 Å². The van der Waals surface area contributed by atoms with Crippen LogP contribution >= 0.6 is 0 Å². The fraction of sp³-hybridized carbons (Fsp3) is 0.636. The van der Waals surface area contributed by atoms with E-state index in [1.54, 1.807) is 19.2 Å². The SMILES string of the molecule is COCCOCCCOc1ccc(CO)nn1. The molecule has 1 aromatic heterocycles. The monoisotopic (exact) mass is 242 g/mol. The summed E-state index contributed by atoms with van der Waals surface area (Å²) in [6.07, 6.45) is 0.785. The quantitative estimate of drug-likeness (QED) is 0.632.